The molecule has 130 valence electrons. The zero-order chi connectivity index (χ0) is 18.4. The van der Waals surface area contributed by atoms with Gasteiger partial charge in [-0.05, 0) is 41.5 Å². The molecule has 0 aliphatic rings. The summed E-state index contributed by atoms with van der Waals surface area (Å²) >= 11 is 0. The fourth-order valence-corrected chi connectivity index (χ4v) is 2.42. The Morgan fingerprint density at radius 1 is 1.00 bits per heavy atom. The minimum absolute atomic E-state index is 0.157. The van der Waals surface area contributed by atoms with E-state index in [1.807, 2.05) is 30.3 Å². The number of phenols is 1. The number of allylic oxidation sites excluding steroid dienone is 1. The van der Waals surface area contributed by atoms with Crippen molar-refractivity contribution in [2.45, 2.75) is 6.61 Å². The van der Waals surface area contributed by atoms with Gasteiger partial charge in [-0.3, -0.25) is 4.79 Å². The highest BCUT2D eigenvalue weighted by Gasteiger charge is 2.10. The van der Waals surface area contributed by atoms with Crippen LogP contribution in [0.15, 0.2) is 78.9 Å². The number of phenolic OH excluding ortho intramolecular Hbond substituents is 1. The molecule has 0 heterocycles. The lowest BCUT2D eigenvalue weighted by Gasteiger charge is -2.08. The largest absolute Gasteiger partial charge is 0.507 e. The molecule has 3 rings (SSSR count). The van der Waals surface area contributed by atoms with Crippen LogP contribution < -0.4 is 4.74 Å². The van der Waals surface area contributed by atoms with E-state index in [1.54, 1.807) is 18.2 Å². The van der Waals surface area contributed by atoms with E-state index in [-0.39, 0.29) is 22.9 Å². The van der Waals surface area contributed by atoms with Gasteiger partial charge in [0.2, 0.25) is 0 Å². The van der Waals surface area contributed by atoms with E-state index in [0.29, 0.717) is 17.9 Å². The zero-order valence-corrected chi connectivity index (χ0v) is 13.9. The average molecular weight is 348 g/mol. The van der Waals surface area contributed by atoms with Gasteiger partial charge in [-0.1, -0.05) is 48.5 Å². The number of halogens is 1. The smallest absolute Gasteiger partial charge is 0.189 e. The van der Waals surface area contributed by atoms with Crippen LogP contribution in [0.25, 0.3) is 6.08 Å². The summed E-state index contributed by atoms with van der Waals surface area (Å²) in [6.45, 7) is 0.368. The molecule has 26 heavy (non-hydrogen) atoms. The van der Waals surface area contributed by atoms with E-state index in [9.17, 15) is 14.3 Å². The van der Waals surface area contributed by atoms with Crippen molar-refractivity contribution in [2.75, 3.05) is 0 Å². The highest BCUT2D eigenvalue weighted by Crippen LogP contribution is 2.25. The summed E-state index contributed by atoms with van der Waals surface area (Å²) in [5, 5.41) is 10.1. The van der Waals surface area contributed by atoms with Crippen LogP contribution >= 0.6 is 0 Å². The van der Waals surface area contributed by atoms with Gasteiger partial charge in [-0.2, -0.15) is 0 Å². The van der Waals surface area contributed by atoms with E-state index in [0.717, 1.165) is 5.56 Å². The van der Waals surface area contributed by atoms with Crippen molar-refractivity contribution in [3.8, 4) is 11.5 Å². The Morgan fingerprint density at radius 2 is 1.81 bits per heavy atom. The van der Waals surface area contributed by atoms with Crippen LogP contribution in [0.2, 0.25) is 0 Å². The molecule has 0 fully saturated rings. The Hall–Kier alpha value is -3.40. The summed E-state index contributed by atoms with van der Waals surface area (Å²) < 4.78 is 18.8. The first-order chi connectivity index (χ1) is 12.6. The molecule has 4 heteroatoms. The second kappa shape index (κ2) is 8.12. The summed E-state index contributed by atoms with van der Waals surface area (Å²) in [4.78, 5) is 12.2. The number of hydrogen-bond acceptors (Lipinski definition) is 3. The monoisotopic (exact) mass is 348 g/mol. The minimum Gasteiger partial charge on any atom is -0.507 e. The number of ketones is 1. The summed E-state index contributed by atoms with van der Waals surface area (Å²) in [5.74, 6) is -0.440. The third-order valence-electron chi connectivity index (χ3n) is 3.76. The molecule has 3 aromatic rings. The van der Waals surface area contributed by atoms with Gasteiger partial charge in [0.15, 0.2) is 5.78 Å². The Kier molecular flexibility index (Phi) is 5.44. The number of carbonyl (C=O) groups is 1. The molecule has 1 N–H and O–H groups in total. The van der Waals surface area contributed by atoms with Crippen LogP contribution in [0.5, 0.6) is 11.5 Å². The summed E-state index contributed by atoms with van der Waals surface area (Å²) in [6.07, 6.45) is 2.80. The van der Waals surface area contributed by atoms with Gasteiger partial charge in [-0.15, -0.1) is 0 Å². The molecule has 3 aromatic carbocycles. The van der Waals surface area contributed by atoms with Crippen molar-refractivity contribution in [1.82, 2.24) is 0 Å². The molecular weight excluding hydrogens is 331 g/mol. The fourth-order valence-electron chi connectivity index (χ4n) is 2.42. The molecule has 0 bridgehead atoms. The second-order valence-electron chi connectivity index (χ2n) is 5.71. The summed E-state index contributed by atoms with van der Waals surface area (Å²) in [5.41, 5.74) is 1.73. The van der Waals surface area contributed by atoms with Crippen LogP contribution in [0.1, 0.15) is 21.5 Å². The van der Waals surface area contributed by atoms with Crippen molar-refractivity contribution in [2.24, 2.45) is 0 Å². The Morgan fingerprint density at radius 3 is 2.54 bits per heavy atom. The molecule has 0 radical (unpaired) electrons. The van der Waals surface area contributed by atoms with Crippen LogP contribution in [0.3, 0.4) is 0 Å². The predicted octanol–water partition coefficient (Wildman–Crippen LogP) is 5.01. The number of aromatic hydroxyl groups is 1. The van der Waals surface area contributed by atoms with Gasteiger partial charge in [0.25, 0.3) is 0 Å². The maximum absolute atomic E-state index is 13.1. The fraction of sp³-hybridized carbons (Fsp3) is 0.0455. The third-order valence-corrected chi connectivity index (χ3v) is 3.76. The SMILES string of the molecule is O=C(/C=C/c1cccc(F)c1)c1ccc(OCc2ccccc2)cc1O. The van der Waals surface area contributed by atoms with Gasteiger partial charge in [0.1, 0.15) is 23.9 Å². The molecule has 0 saturated heterocycles. The van der Waals surface area contributed by atoms with Crippen molar-refractivity contribution in [1.29, 1.82) is 0 Å². The second-order valence-corrected chi connectivity index (χ2v) is 5.71. The molecule has 0 saturated carbocycles. The zero-order valence-electron chi connectivity index (χ0n) is 13.9. The predicted molar refractivity (Wildman–Crippen MR) is 98.6 cm³/mol. The highest BCUT2D eigenvalue weighted by molar-refractivity contribution is 6.08. The van der Waals surface area contributed by atoms with Crippen molar-refractivity contribution < 1.29 is 19.0 Å². The summed E-state index contributed by atoms with van der Waals surface area (Å²) in [7, 11) is 0. The van der Waals surface area contributed by atoms with Gasteiger partial charge < -0.3 is 9.84 Å². The topological polar surface area (TPSA) is 46.5 Å². The van der Waals surface area contributed by atoms with E-state index in [2.05, 4.69) is 0 Å². The minimum atomic E-state index is -0.374. The van der Waals surface area contributed by atoms with Crippen LogP contribution in [0.4, 0.5) is 4.39 Å². The number of hydrogen-bond donors (Lipinski definition) is 1. The first kappa shape index (κ1) is 17.4. The first-order valence-electron chi connectivity index (χ1n) is 8.09. The van der Waals surface area contributed by atoms with E-state index in [4.69, 9.17) is 4.74 Å². The van der Waals surface area contributed by atoms with Crippen molar-refractivity contribution in [3.05, 3.63) is 101 Å². The number of benzene rings is 3. The van der Waals surface area contributed by atoms with Crippen molar-refractivity contribution >= 4 is 11.9 Å². The maximum atomic E-state index is 13.1. The number of ether oxygens (including phenoxy) is 1. The maximum Gasteiger partial charge on any atom is 0.189 e. The molecule has 0 aliphatic carbocycles. The number of rotatable bonds is 6. The summed E-state index contributed by atoms with van der Waals surface area (Å²) in [6, 6.07) is 20.1. The lowest BCUT2D eigenvalue weighted by Crippen LogP contribution is -1.98. The first-order valence-corrected chi connectivity index (χ1v) is 8.09. The average Bonchev–Trinajstić information content (AvgIpc) is 2.65. The van der Waals surface area contributed by atoms with Crippen LogP contribution in [-0.2, 0) is 6.61 Å². The number of carbonyl (C=O) groups excluding carboxylic acids is 1. The van der Waals surface area contributed by atoms with Crippen LogP contribution in [0, 0.1) is 5.82 Å². The van der Waals surface area contributed by atoms with Crippen LogP contribution in [-0.4, -0.2) is 10.9 Å². The van der Waals surface area contributed by atoms with Gasteiger partial charge in [0, 0.05) is 6.07 Å². The van der Waals surface area contributed by atoms with Gasteiger partial charge >= 0.3 is 0 Å². The van der Waals surface area contributed by atoms with Gasteiger partial charge in [0.05, 0.1) is 5.56 Å². The van der Waals surface area contributed by atoms with Crippen molar-refractivity contribution in [3.63, 3.8) is 0 Å². The lowest BCUT2D eigenvalue weighted by molar-refractivity contribution is 0.104. The van der Waals surface area contributed by atoms with E-state index in [1.165, 1.54) is 36.4 Å². The molecule has 0 atom stereocenters. The molecule has 0 aromatic heterocycles. The Labute approximate surface area is 151 Å². The van der Waals surface area contributed by atoms with E-state index >= 15 is 0 Å². The molecule has 0 amide bonds. The molecule has 0 spiro atoms. The quantitative estimate of drug-likeness (QED) is 0.503. The molecule has 0 unspecified atom stereocenters. The Balaban J connectivity index is 1.67. The molecule has 0 aliphatic heterocycles. The van der Waals surface area contributed by atoms with E-state index < -0.39 is 0 Å². The van der Waals surface area contributed by atoms with Gasteiger partial charge in [-0.25, -0.2) is 4.39 Å². The standard InChI is InChI=1S/C22H17FO3/c23-18-8-4-7-16(13-18)9-12-21(24)20-11-10-19(14-22(20)25)26-15-17-5-2-1-3-6-17/h1-14,25H,15H2/b12-9+. The molecule has 3 nitrogen and oxygen atoms in total. The normalized spacial score (nSPS) is 10.8. The Bertz CT molecular complexity index is 933. The third kappa shape index (κ3) is 4.57. The highest BCUT2D eigenvalue weighted by atomic mass is 19.1. The lowest BCUT2D eigenvalue weighted by atomic mass is 10.1. The molecular formula is C22H17FO3.